The summed E-state index contributed by atoms with van der Waals surface area (Å²) in [4.78, 5) is 25.0. The fourth-order valence-corrected chi connectivity index (χ4v) is 3.22. The maximum Gasteiger partial charge on any atom is 0.317 e. The molecule has 1 aromatic carbocycles. The fraction of sp³-hybridized carbons (Fsp3) is 0.579. The van der Waals surface area contributed by atoms with Crippen molar-refractivity contribution in [3.63, 3.8) is 0 Å². The van der Waals surface area contributed by atoms with E-state index in [1.807, 2.05) is 24.8 Å². The first-order valence-electron chi connectivity index (χ1n) is 8.90. The Balaban J connectivity index is 1.78. The molecule has 0 radical (unpaired) electrons. The van der Waals surface area contributed by atoms with Gasteiger partial charge in [0.2, 0.25) is 0 Å². The molecule has 6 heteroatoms. The van der Waals surface area contributed by atoms with E-state index in [0.29, 0.717) is 6.54 Å². The number of amides is 2. The maximum absolute atomic E-state index is 12.2. The van der Waals surface area contributed by atoms with Gasteiger partial charge in [-0.25, -0.2) is 4.79 Å². The van der Waals surface area contributed by atoms with Crippen LogP contribution in [0.25, 0.3) is 0 Å². The monoisotopic (exact) mass is 347 g/mol. The van der Waals surface area contributed by atoms with Gasteiger partial charge in [-0.05, 0) is 56.8 Å². The van der Waals surface area contributed by atoms with Crippen molar-refractivity contribution in [2.45, 2.75) is 58.7 Å². The van der Waals surface area contributed by atoms with Crippen LogP contribution in [0, 0.1) is 13.8 Å². The van der Waals surface area contributed by atoms with E-state index in [4.69, 9.17) is 5.11 Å². The summed E-state index contributed by atoms with van der Waals surface area (Å²) in [6.45, 7) is 8.84. The van der Waals surface area contributed by atoms with Gasteiger partial charge in [0.15, 0.2) is 0 Å². The number of carboxylic acid groups (broad SMARTS) is 1. The zero-order valence-electron chi connectivity index (χ0n) is 15.5. The summed E-state index contributed by atoms with van der Waals surface area (Å²) in [5.41, 5.74) is 3.54. The first-order valence-corrected chi connectivity index (χ1v) is 8.90. The Morgan fingerprint density at radius 2 is 1.96 bits per heavy atom. The van der Waals surface area contributed by atoms with Gasteiger partial charge in [-0.1, -0.05) is 25.1 Å². The molecule has 138 valence electrons. The molecule has 1 atom stereocenters. The third-order valence-electron chi connectivity index (χ3n) is 5.09. The summed E-state index contributed by atoms with van der Waals surface area (Å²) in [7, 11) is 0. The number of rotatable bonds is 7. The summed E-state index contributed by atoms with van der Waals surface area (Å²) < 4.78 is 0. The summed E-state index contributed by atoms with van der Waals surface area (Å²) in [5.74, 6) is -0.807. The van der Waals surface area contributed by atoms with Crippen LogP contribution < -0.4 is 10.6 Å². The lowest BCUT2D eigenvalue weighted by atomic mass is 9.85. The molecule has 2 rings (SSSR count). The lowest BCUT2D eigenvalue weighted by molar-refractivity contribution is -0.139. The number of hydrogen-bond acceptors (Lipinski definition) is 3. The molecule has 1 aromatic rings. The number of nitrogens with zero attached hydrogens (tertiary/aromatic N) is 1. The lowest BCUT2D eigenvalue weighted by Gasteiger charge is -2.42. The highest BCUT2D eigenvalue weighted by Gasteiger charge is 2.34. The Kier molecular flexibility index (Phi) is 6.42. The summed E-state index contributed by atoms with van der Waals surface area (Å²) >= 11 is 0. The van der Waals surface area contributed by atoms with Crippen molar-refractivity contribution in [1.29, 1.82) is 0 Å². The lowest BCUT2D eigenvalue weighted by Crippen LogP contribution is -2.56. The van der Waals surface area contributed by atoms with E-state index < -0.39 is 5.97 Å². The van der Waals surface area contributed by atoms with Crippen molar-refractivity contribution in [1.82, 2.24) is 15.5 Å². The van der Waals surface area contributed by atoms with E-state index in [9.17, 15) is 9.59 Å². The van der Waals surface area contributed by atoms with E-state index in [0.717, 1.165) is 18.4 Å². The average molecular weight is 347 g/mol. The van der Waals surface area contributed by atoms with Gasteiger partial charge in [-0.3, -0.25) is 9.69 Å². The van der Waals surface area contributed by atoms with E-state index in [1.165, 1.54) is 11.1 Å². The number of carbonyl (C=O) groups excluding carboxylic acids is 1. The second-order valence-corrected chi connectivity index (χ2v) is 6.96. The number of aliphatic carboxylic acids is 1. The van der Waals surface area contributed by atoms with Gasteiger partial charge in [0.1, 0.15) is 0 Å². The Morgan fingerprint density at radius 1 is 1.28 bits per heavy atom. The molecule has 25 heavy (non-hydrogen) atoms. The standard InChI is InChI=1S/C19H29N3O3/c1-5-22(11-18(23)24)17-9-16(10-17)21-19(25)20-14(4)15-7-6-12(2)13(3)8-15/h6-8,14,16-17H,5,9-11H2,1-4H3,(H,23,24)(H2,20,21,25). The minimum Gasteiger partial charge on any atom is -0.480 e. The molecular weight excluding hydrogens is 318 g/mol. The molecule has 1 aliphatic rings. The van der Waals surface area contributed by atoms with Crippen LogP contribution in [-0.2, 0) is 4.79 Å². The van der Waals surface area contributed by atoms with Crippen molar-refractivity contribution in [2.24, 2.45) is 0 Å². The maximum atomic E-state index is 12.2. The van der Waals surface area contributed by atoms with Gasteiger partial charge in [-0.15, -0.1) is 0 Å². The van der Waals surface area contributed by atoms with E-state index in [1.54, 1.807) is 0 Å². The summed E-state index contributed by atoms with van der Waals surface area (Å²) in [6, 6.07) is 6.33. The molecule has 0 saturated heterocycles. The molecule has 6 nitrogen and oxygen atoms in total. The van der Waals surface area contributed by atoms with E-state index in [-0.39, 0.29) is 30.7 Å². The van der Waals surface area contributed by atoms with Crippen molar-refractivity contribution in [3.05, 3.63) is 34.9 Å². The molecule has 1 aliphatic carbocycles. The molecule has 0 bridgehead atoms. The number of carbonyl (C=O) groups is 2. The normalized spacial score (nSPS) is 20.7. The minimum absolute atomic E-state index is 0.0594. The Hall–Kier alpha value is -2.08. The Bertz CT molecular complexity index is 626. The third-order valence-corrected chi connectivity index (χ3v) is 5.09. The molecule has 1 saturated carbocycles. The summed E-state index contributed by atoms with van der Waals surface area (Å²) in [6.07, 6.45) is 1.60. The summed E-state index contributed by atoms with van der Waals surface area (Å²) in [5, 5.41) is 14.9. The van der Waals surface area contributed by atoms with Crippen molar-refractivity contribution in [2.75, 3.05) is 13.1 Å². The van der Waals surface area contributed by atoms with Crippen LogP contribution in [0.5, 0.6) is 0 Å². The van der Waals surface area contributed by atoms with E-state index >= 15 is 0 Å². The van der Waals surface area contributed by atoms with Gasteiger partial charge in [-0.2, -0.15) is 0 Å². The highest BCUT2D eigenvalue weighted by molar-refractivity contribution is 5.75. The number of aryl methyl sites for hydroxylation is 2. The van der Waals surface area contributed by atoms with Crippen molar-refractivity contribution < 1.29 is 14.7 Å². The minimum atomic E-state index is -0.807. The molecule has 0 heterocycles. The topological polar surface area (TPSA) is 81.7 Å². The van der Waals surface area contributed by atoms with Crippen LogP contribution in [-0.4, -0.2) is 47.2 Å². The number of urea groups is 1. The third kappa shape index (κ3) is 5.19. The van der Waals surface area contributed by atoms with Crippen LogP contribution in [0.1, 0.15) is 49.4 Å². The number of likely N-dealkylation sites (N-methyl/N-ethyl adjacent to an activating group) is 1. The van der Waals surface area contributed by atoms with Gasteiger partial charge in [0.05, 0.1) is 12.6 Å². The largest absolute Gasteiger partial charge is 0.480 e. The Labute approximate surface area is 149 Å². The van der Waals surface area contributed by atoms with Crippen molar-refractivity contribution in [3.8, 4) is 0 Å². The first-order chi connectivity index (χ1) is 11.8. The van der Waals surface area contributed by atoms with Gasteiger partial charge in [0, 0.05) is 12.1 Å². The van der Waals surface area contributed by atoms with Crippen LogP contribution >= 0.6 is 0 Å². The van der Waals surface area contributed by atoms with Crippen LogP contribution in [0.4, 0.5) is 4.79 Å². The average Bonchev–Trinajstić information content (AvgIpc) is 2.50. The van der Waals surface area contributed by atoms with E-state index in [2.05, 4.69) is 36.6 Å². The molecule has 3 N–H and O–H groups in total. The molecule has 2 amide bonds. The predicted molar refractivity (Wildman–Crippen MR) is 97.7 cm³/mol. The van der Waals surface area contributed by atoms with Crippen molar-refractivity contribution >= 4 is 12.0 Å². The molecular formula is C19H29N3O3. The SMILES string of the molecule is CCN(CC(=O)O)C1CC(NC(=O)NC(C)c2ccc(C)c(C)c2)C1. The first kappa shape index (κ1) is 19.2. The van der Waals surface area contributed by atoms with Gasteiger partial charge >= 0.3 is 12.0 Å². The molecule has 1 unspecified atom stereocenters. The highest BCUT2D eigenvalue weighted by atomic mass is 16.4. The zero-order valence-corrected chi connectivity index (χ0v) is 15.5. The van der Waals surface area contributed by atoms with Crippen LogP contribution in [0.2, 0.25) is 0 Å². The van der Waals surface area contributed by atoms with Gasteiger partial charge < -0.3 is 15.7 Å². The quantitative estimate of drug-likeness (QED) is 0.708. The molecule has 1 fully saturated rings. The predicted octanol–water partition coefficient (Wildman–Crippen LogP) is 2.60. The smallest absolute Gasteiger partial charge is 0.317 e. The zero-order chi connectivity index (χ0) is 18.6. The van der Waals surface area contributed by atoms with Crippen LogP contribution in [0.3, 0.4) is 0 Å². The number of carboxylic acids is 1. The molecule has 0 spiro atoms. The second-order valence-electron chi connectivity index (χ2n) is 6.96. The fourth-order valence-electron chi connectivity index (χ4n) is 3.22. The number of nitrogens with one attached hydrogen (secondary N) is 2. The second kappa shape index (κ2) is 8.34. The highest BCUT2D eigenvalue weighted by Crippen LogP contribution is 2.25. The molecule has 0 aromatic heterocycles. The van der Waals surface area contributed by atoms with Crippen LogP contribution in [0.15, 0.2) is 18.2 Å². The number of hydrogen-bond donors (Lipinski definition) is 3. The van der Waals surface area contributed by atoms with Gasteiger partial charge in [0.25, 0.3) is 0 Å². The Morgan fingerprint density at radius 3 is 2.52 bits per heavy atom. The molecule has 0 aliphatic heterocycles. The number of benzene rings is 1.